The normalized spacial score (nSPS) is 41.9. The molecule has 4 aliphatic carbocycles. The van der Waals surface area contributed by atoms with Crippen LogP contribution in [-0.2, 0) is 18.5 Å². The molecule has 4 saturated carbocycles. The number of hydrogen-bond acceptors (Lipinski definition) is 3. The molecule has 0 aromatic carbocycles. The molecule has 0 radical (unpaired) electrons. The molecule has 5 aliphatic rings. The summed E-state index contributed by atoms with van der Waals surface area (Å²) in [6.07, 6.45) is 9.56. The minimum Gasteiger partial charge on any atom is -0.382 e. The first kappa shape index (κ1) is 11.6. The fourth-order valence-corrected chi connectivity index (χ4v) is 6.09. The van der Waals surface area contributed by atoms with E-state index in [1.807, 2.05) is 0 Å². The van der Waals surface area contributed by atoms with Crippen molar-refractivity contribution in [3.05, 3.63) is 11.3 Å². The van der Waals surface area contributed by atoms with Gasteiger partial charge in [0.25, 0.3) is 0 Å². The first-order valence-electron chi connectivity index (χ1n) is 8.31. The largest absolute Gasteiger partial charge is 0.382 e. The second-order valence-corrected chi connectivity index (χ2v) is 7.79. The Morgan fingerprint density at radius 1 is 1.10 bits per heavy atom. The summed E-state index contributed by atoms with van der Waals surface area (Å²) < 4.78 is 2.40. The summed E-state index contributed by atoms with van der Waals surface area (Å²) in [6.45, 7) is 2.01. The highest BCUT2D eigenvalue weighted by Gasteiger charge is 2.53. The smallest absolute Gasteiger partial charge is 0.149 e. The second-order valence-electron chi connectivity index (χ2n) is 7.79. The van der Waals surface area contributed by atoms with Crippen LogP contribution in [0.2, 0.25) is 0 Å². The monoisotopic (exact) mass is 272 g/mol. The fourth-order valence-electron chi connectivity index (χ4n) is 6.09. The maximum Gasteiger partial charge on any atom is 0.149 e. The van der Waals surface area contributed by atoms with Crippen LogP contribution in [-0.4, -0.2) is 16.3 Å². The topological polar surface area (TPSA) is 55.9 Å². The summed E-state index contributed by atoms with van der Waals surface area (Å²) in [5.74, 6) is 3.67. The molecule has 4 bridgehead atoms. The molecule has 0 saturated heterocycles. The van der Waals surface area contributed by atoms with Gasteiger partial charge in [-0.25, -0.2) is 0 Å². The van der Waals surface area contributed by atoms with Crippen LogP contribution in [0.1, 0.15) is 49.8 Å². The zero-order valence-corrected chi connectivity index (χ0v) is 12.1. The molecule has 108 valence electrons. The molecule has 20 heavy (non-hydrogen) atoms. The number of hydrogen-bond donors (Lipinski definition) is 2. The van der Waals surface area contributed by atoms with E-state index in [0.29, 0.717) is 5.54 Å². The number of fused-ring (bicyclic) bond motifs is 1. The third kappa shape index (κ3) is 1.43. The van der Waals surface area contributed by atoms with Crippen LogP contribution in [0.25, 0.3) is 0 Å². The van der Waals surface area contributed by atoms with Crippen molar-refractivity contribution in [2.24, 2.45) is 17.8 Å². The lowest BCUT2D eigenvalue weighted by atomic mass is 9.53. The molecule has 4 nitrogen and oxygen atoms in total. The molecule has 0 spiro atoms. The lowest BCUT2D eigenvalue weighted by Gasteiger charge is -2.57. The number of anilines is 1. The Hall–Kier alpha value is -1.03. The predicted molar refractivity (Wildman–Crippen MR) is 78.2 cm³/mol. The lowest BCUT2D eigenvalue weighted by molar-refractivity contribution is -0.0508. The molecular formula is C16H24N4. The van der Waals surface area contributed by atoms with Gasteiger partial charge in [0, 0.05) is 12.1 Å². The lowest BCUT2D eigenvalue weighted by Crippen LogP contribution is -2.53. The van der Waals surface area contributed by atoms with E-state index in [9.17, 15) is 0 Å². The minimum atomic E-state index is 0.315. The number of aromatic nitrogens is 2. The van der Waals surface area contributed by atoms with Gasteiger partial charge in [-0.3, -0.25) is 4.68 Å². The molecule has 3 N–H and O–H groups in total. The second kappa shape index (κ2) is 3.79. The summed E-state index contributed by atoms with van der Waals surface area (Å²) in [6, 6.07) is 0. The zero-order valence-electron chi connectivity index (χ0n) is 12.1. The van der Waals surface area contributed by atoms with Gasteiger partial charge in [-0.2, -0.15) is 5.10 Å². The highest BCUT2D eigenvalue weighted by atomic mass is 15.4. The third-order valence-electron chi connectivity index (χ3n) is 6.42. The van der Waals surface area contributed by atoms with Crippen molar-refractivity contribution in [1.29, 1.82) is 0 Å². The molecule has 0 unspecified atom stereocenters. The van der Waals surface area contributed by atoms with Crippen molar-refractivity contribution < 1.29 is 0 Å². The molecule has 0 amide bonds. The van der Waals surface area contributed by atoms with Crippen LogP contribution >= 0.6 is 0 Å². The molecule has 4 heteroatoms. The van der Waals surface area contributed by atoms with Gasteiger partial charge < -0.3 is 11.1 Å². The summed E-state index contributed by atoms with van der Waals surface area (Å²) in [5, 5.41) is 8.35. The van der Waals surface area contributed by atoms with Crippen LogP contribution in [0.3, 0.4) is 0 Å². The summed E-state index contributed by atoms with van der Waals surface area (Å²) in [7, 11) is 0. The first-order chi connectivity index (χ1) is 9.73. The van der Waals surface area contributed by atoms with E-state index in [0.717, 1.165) is 43.1 Å². The SMILES string of the molecule is Nc1nn(C23CC4CC(CC(C4)C2)C3)c2c1CCNC2. The van der Waals surface area contributed by atoms with Crippen molar-refractivity contribution in [3.8, 4) is 0 Å². The van der Waals surface area contributed by atoms with Crippen molar-refractivity contribution in [3.63, 3.8) is 0 Å². The van der Waals surface area contributed by atoms with Crippen LogP contribution < -0.4 is 11.1 Å². The maximum atomic E-state index is 6.22. The summed E-state index contributed by atoms with van der Waals surface area (Å²) in [5.41, 5.74) is 9.27. The molecule has 1 aliphatic heterocycles. The van der Waals surface area contributed by atoms with Gasteiger partial charge in [0.1, 0.15) is 5.82 Å². The van der Waals surface area contributed by atoms with Crippen molar-refractivity contribution in [2.45, 2.75) is 57.0 Å². The number of nitrogens with zero attached hydrogens (tertiary/aromatic N) is 2. The summed E-state index contributed by atoms with van der Waals surface area (Å²) >= 11 is 0. The maximum absolute atomic E-state index is 6.22. The van der Waals surface area contributed by atoms with Gasteiger partial charge in [0.15, 0.2) is 0 Å². The van der Waals surface area contributed by atoms with Crippen LogP contribution in [0.4, 0.5) is 5.82 Å². The number of rotatable bonds is 1. The van der Waals surface area contributed by atoms with Crippen LogP contribution in [0, 0.1) is 17.8 Å². The quantitative estimate of drug-likeness (QED) is 0.822. The highest BCUT2D eigenvalue weighted by Crippen LogP contribution is 2.59. The third-order valence-corrected chi connectivity index (χ3v) is 6.42. The van der Waals surface area contributed by atoms with Crippen LogP contribution in [0.5, 0.6) is 0 Å². The van der Waals surface area contributed by atoms with Gasteiger partial charge in [0.2, 0.25) is 0 Å². The Kier molecular flexibility index (Phi) is 2.20. The van der Waals surface area contributed by atoms with Gasteiger partial charge in [-0.15, -0.1) is 0 Å². The van der Waals surface area contributed by atoms with Gasteiger partial charge in [-0.05, 0) is 69.2 Å². The minimum absolute atomic E-state index is 0.315. The van der Waals surface area contributed by atoms with E-state index in [2.05, 4.69) is 10.00 Å². The van der Waals surface area contributed by atoms with Gasteiger partial charge in [-0.1, -0.05) is 0 Å². The number of nitrogen functional groups attached to an aromatic ring is 1. The molecule has 1 aromatic rings. The molecule has 6 rings (SSSR count). The molecule has 0 atom stereocenters. The molecular weight excluding hydrogens is 248 g/mol. The van der Waals surface area contributed by atoms with E-state index in [1.54, 1.807) is 0 Å². The summed E-state index contributed by atoms with van der Waals surface area (Å²) in [4.78, 5) is 0. The van der Waals surface area contributed by atoms with E-state index in [-0.39, 0.29) is 0 Å². The fraction of sp³-hybridized carbons (Fsp3) is 0.812. The van der Waals surface area contributed by atoms with Crippen LogP contribution in [0.15, 0.2) is 0 Å². The average molecular weight is 272 g/mol. The Morgan fingerprint density at radius 3 is 2.40 bits per heavy atom. The van der Waals surface area contributed by atoms with E-state index in [4.69, 9.17) is 10.8 Å². The Morgan fingerprint density at radius 2 is 1.75 bits per heavy atom. The van der Waals surface area contributed by atoms with Crippen molar-refractivity contribution in [1.82, 2.24) is 15.1 Å². The van der Waals surface area contributed by atoms with Gasteiger partial charge >= 0.3 is 0 Å². The van der Waals surface area contributed by atoms with E-state index >= 15 is 0 Å². The first-order valence-corrected chi connectivity index (χ1v) is 8.31. The number of nitrogens with two attached hydrogens (primary N) is 1. The van der Waals surface area contributed by atoms with Crippen molar-refractivity contribution >= 4 is 5.82 Å². The Bertz CT molecular complexity index is 524. The van der Waals surface area contributed by atoms with E-state index < -0.39 is 0 Å². The highest BCUT2D eigenvalue weighted by molar-refractivity contribution is 5.44. The average Bonchev–Trinajstić information content (AvgIpc) is 2.76. The number of nitrogens with one attached hydrogen (secondary N) is 1. The Balaban J connectivity index is 1.63. The van der Waals surface area contributed by atoms with Crippen molar-refractivity contribution in [2.75, 3.05) is 12.3 Å². The molecule has 2 heterocycles. The van der Waals surface area contributed by atoms with Gasteiger partial charge in [0.05, 0.1) is 11.2 Å². The zero-order chi connectivity index (χ0) is 13.3. The van der Waals surface area contributed by atoms with E-state index in [1.165, 1.54) is 49.8 Å². The standard InChI is InChI=1S/C16H24N4/c17-15-13-1-2-18-9-14(13)20(19-15)16-6-10-3-11(7-16)5-12(4-10)8-16/h10-12,18H,1-9H2,(H2,17,19). The Labute approximate surface area is 120 Å². The molecule has 4 fully saturated rings. The molecule has 1 aromatic heterocycles. The predicted octanol–water partition coefficient (Wildman–Crippen LogP) is 2.04.